The van der Waals surface area contributed by atoms with Gasteiger partial charge in [-0.25, -0.2) is 0 Å². The van der Waals surface area contributed by atoms with Crippen LogP contribution in [0.25, 0.3) is 0 Å². The van der Waals surface area contributed by atoms with Crippen molar-refractivity contribution >= 4 is 11.7 Å². The third-order valence-electron chi connectivity index (χ3n) is 3.33. The second-order valence-corrected chi connectivity index (χ2v) is 5.09. The molecule has 0 spiro atoms. The van der Waals surface area contributed by atoms with Gasteiger partial charge in [0.1, 0.15) is 0 Å². The van der Waals surface area contributed by atoms with Crippen LogP contribution in [0.15, 0.2) is 18.2 Å². The van der Waals surface area contributed by atoms with Crippen LogP contribution in [0.4, 0.5) is 5.69 Å². The summed E-state index contributed by atoms with van der Waals surface area (Å²) >= 11 is 0. The fraction of sp³-hybridized carbons (Fsp3) is 0.500. The summed E-state index contributed by atoms with van der Waals surface area (Å²) in [4.78, 5) is 13.1. The lowest BCUT2D eigenvalue weighted by molar-refractivity contribution is -0.136. The molecule has 0 saturated carbocycles. The first-order chi connectivity index (χ1) is 7.99. The molecule has 1 N–H and O–H groups in total. The quantitative estimate of drug-likeness (QED) is 0.872. The Hall–Kier alpha value is -1.51. The standard InChI is InChI=1S/C14H19NO2/c1-9(2)15-10(3)6-12-5-4-11(7-13(12)15)8-14(16)17/h4-5,7,9-10H,6,8H2,1-3H3,(H,16,17). The molecule has 0 amide bonds. The van der Waals surface area contributed by atoms with Gasteiger partial charge in [-0.3, -0.25) is 4.79 Å². The van der Waals surface area contributed by atoms with E-state index >= 15 is 0 Å². The van der Waals surface area contributed by atoms with E-state index in [1.807, 2.05) is 12.1 Å². The van der Waals surface area contributed by atoms with Crippen molar-refractivity contribution in [3.63, 3.8) is 0 Å². The van der Waals surface area contributed by atoms with Crippen molar-refractivity contribution in [3.05, 3.63) is 29.3 Å². The van der Waals surface area contributed by atoms with Gasteiger partial charge in [0.15, 0.2) is 0 Å². The summed E-state index contributed by atoms with van der Waals surface area (Å²) in [6.07, 6.45) is 1.16. The van der Waals surface area contributed by atoms with E-state index in [1.165, 1.54) is 11.3 Å². The van der Waals surface area contributed by atoms with Crippen molar-refractivity contribution in [2.75, 3.05) is 4.90 Å². The molecule has 1 aromatic rings. The van der Waals surface area contributed by atoms with Crippen molar-refractivity contribution < 1.29 is 9.90 Å². The highest BCUT2D eigenvalue weighted by Crippen LogP contribution is 2.34. The Bertz CT molecular complexity index is 440. The molecule has 1 aliphatic heterocycles. The van der Waals surface area contributed by atoms with Crippen LogP contribution in [0.2, 0.25) is 0 Å². The second kappa shape index (κ2) is 4.40. The summed E-state index contributed by atoms with van der Waals surface area (Å²) in [7, 11) is 0. The first-order valence-electron chi connectivity index (χ1n) is 6.11. The number of fused-ring (bicyclic) bond motifs is 1. The molecule has 2 rings (SSSR count). The maximum atomic E-state index is 10.7. The van der Waals surface area contributed by atoms with Gasteiger partial charge in [-0.05, 0) is 44.4 Å². The van der Waals surface area contributed by atoms with Gasteiger partial charge in [0.05, 0.1) is 6.42 Å². The van der Waals surface area contributed by atoms with Crippen molar-refractivity contribution in [3.8, 4) is 0 Å². The van der Waals surface area contributed by atoms with E-state index in [9.17, 15) is 4.79 Å². The van der Waals surface area contributed by atoms with Crippen molar-refractivity contribution in [2.45, 2.75) is 45.7 Å². The maximum absolute atomic E-state index is 10.7. The molecule has 1 atom stereocenters. The average Bonchev–Trinajstić information content (AvgIpc) is 2.52. The average molecular weight is 233 g/mol. The molecule has 0 radical (unpaired) electrons. The minimum atomic E-state index is -0.771. The number of hydrogen-bond donors (Lipinski definition) is 1. The lowest BCUT2D eigenvalue weighted by atomic mass is 10.1. The number of anilines is 1. The van der Waals surface area contributed by atoms with Crippen LogP contribution in [0.3, 0.4) is 0 Å². The third-order valence-corrected chi connectivity index (χ3v) is 3.33. The van der Waals surface area contributed by atoms with Crippen molar-refractivity contribution in [1.82, 2.24) is 0 Å². The summed E-state index contributed by atoms with van der Waals surface area (Å²) in [5, 5.41) is 8.83. The summed E-state index contributed by atoms with van der Waals surface area (Å²) in [5.74, 6) is -0.771. The normalized spacial score (nSPS) is 18.6. The molecule has 1 heterocycles. The zero-order chi connectivity index (χ0) is 12.6. The molecule has 3 nitrogen and oxygen atoms in total. The number of aliphatic carboxylic acids is 1. The van der Waals surface area contributed by atoms with Crippen molar-refractivity contribution in [2.24, 2.45) is 0 Å². The highest BCUT2D eigenvalue weighted by molar-refractivity contribution is 5.72. The maximum Gasteiger partial charge on any atom is 0.307 e. The molecule has 1 aliphatic rings. The molecule has 0 saturated heterocycles. The Morgan fingerprint density at radius 3 is 2.82 bits per heavy atom. The Balaban J connectivity index is 2.34. The van der Waals surface area contributed by atoms with Gasteiger partial charge in [0.2, 0.25) is 0 Å². The highest BCUT2D eigenvalue weighted by atomic mass is 16.4. The van der Waals surface area contributed by atoms with Gasteiger partial charge in [0.25, 0.3) is 0 Å². The van der Waals surface area contributed by atoms with E-state index in [4.69, 9.17) is 5.11 Å². The minimum Gasteiger partial charge on any atom is -0.481 e. The van der Waals surface area contributed by atoms with Crippen LogP contribution in [0.1, 0.15) is 31.9 Å². The Morgan fingerprint density at radius 1 is 1.53 bits per heavy atom. The first kappa shape index (κ1) is 12.0. The molecular formula is C14H19NO2. The zero-order valence-corrected chi connectivity index (χ0v) is 10.6. The van der Waals surface area contributed by atoms with Gasteiger partial charge in [-0.15, -0.1) is 0 Å². The van der Waals surface area contributed by atoms with Gasteiger partial charge < -0.3 is 10.0 Å². The summed E-state index contributed by atoms with van der Waals surface area (Å²) in [6, 6.07) is 7.00. The molecule has 0 fully saturated rings. The lowest BCUT2D eigenvalue weighted by Crippen LogP contribution is -2.35. The molecule has 0 aromatic heterocycles. The molecule has 0 aliphatic carbocycles. The molecule has 17 heavy (non-hydrogen) atoms. The number of nitrogens with zero attached hydrogens (tertiary/aromatic N) is 1. The summed E-state index contributed by atoms with van der Waals surface area (Å²) < 4.78 is 0. The summed E-state index contributed by atoms with van der Waals surface area (Å²) in [5.41, 5.74) is 3.43. The van der Waals surface area contributed by atoms with E-state index in [2.05, 4.69) is 31.7 Å². The Kier molecular flexibility index (Phi) is 3.09. The molecular weight excluding hydrogens is 214 g/mol. The van der Waals surface area contributed by atoms with Gasteiger partial charge in [0, 0.05) is 17.8 Å². The molecule has 92 valence electrons. The molecule has 3 heteroatoms. The fourth-order valence-electron chi connectivity index (χ4n) is 2.75. The highest BCUT2D eigenvalue weighted by Gasteiger charge is 2.27. The van der Waals surface area contributed by atoms with Crippen LogP contribution < -0.4 is 4.90 Å². The number of carbonyl (C=O) groups is 1. The van der Waals surface area contributed by atoms with E-state index in [0.29, 0.717) is 12.1 Å². The van der Waals surface area contributed by atoms with E-state index < -0.39 is 5.97 Å². The minimum absolute atomic E-state index is 0.105. The third kappa shape index (κ3) is 2.28. The largest absolute Gasteiger partial charge is 0.481 e. The number of carboxylic acid groups (broad SMARTS) is 1. The van der Waals surface area contributed by atoms with Crippen LogP contribution in [0.5, 0.6) is 0 Å². The molecule has 1 unspecified atom stereocenters. The monoisotopic (exact) mass is 233 g/mol. The first-order valence-corrected chi connectivity index (χ1v) is 6.11. The van der Waals surface area contributed by atoms with Crippen LogP contribution in [-0.2, 0) is 17.6 Å². The van der Waals surface area contributed by atoms with Gasteiger partial charge in [-0.1, -0.05) is 12.1 Å². The van der Waals surface area contributed by atoms with Crippen LogP contribution >= 0.6 is 0 Å². The van der Waals surface area contributed by atoms with Gasteiger partial charge in [-0.2, -0.15) is 0 Å². The van der Waals surface area contributed by atoms with Gasteiger partial charge >= 0.3 is 5.97 Å². The Labute approximate surface area is 102 Å². The van der Waals surface area contributed by atoms with E-state index in [0.717, 1.165) is 12.0 Å². The number of benzene rings is 1. The molecule has 1 aromatic carbocycles. The molecule has 0 bridgehead atoms. The predicted octanol–water partition coefficient (Wildman–Crippen LogP) is 2.47. The second-order valence-electron chi connectivity index (χ2n) is 5.09. The van der Waals surface area contributed by atoms with Crippen molar-refractivity contribution in [1.29, 1.82) is 0 Å². The number of hydrogen-bond acceptors (Lipinski definition) is 2. The fourth-order valence-corrected chi connectivity index (χ4v) is 2.75. The topological polar surface area (TPSA) is 40.5 Å². The number of carboxylic acids is 1. The summed E-state index contributed by atoms with van der Waals surface area (Å²) in [6.45, 7) is 6.57. The lowest BCUT2D eigenvalue weighted by Gasteiger charge is -2.29. The van der Waals surface area contributed by atoms with E-state index in [1.54, 1.807) is 0 Å². The van der Waals surface area contributed by atoms with Crippen LogP contribution in [-0.4, -0.2) is 23.2 Å². The Morgan fingerprint density at radius 2 is 2.24 bits per heavy atom. The number of rotatable bonds is 3. The zero-order valence-electron chi connectivity index (χ0n) is 10.6. The SMILES string of the molecule is CC(C)N1c2cc(CC(=O)O)ccc2CC1C. The van der Waals surface area contributed by atoms with E-state index in [-0.39, 0.29) is 6.42 Å². The smallest absolute Gasteiger partial charge is 0.307 e. The predicted molar refractivity (Wildman–Crippen MR) is 68.6 cm³/mol. The van der Waals surface area contributed by atoms with Crippen LogP contribution in [0, 0.1) is 0 Å².